The van der Waals surface area contributed by atoms with Crippen LogP contribution in [0.3, 0.4) is 0 Å². The zero-order valence-electron chi connectivity index (χ0n) is 20.7. The molecule has 0 fully saturated rings. The fraction of sp³-hybridized carbons (Fsp3) is 0.345. The minimum absolute atomic E-state index is 0.141. The third-order valence-electron chi connectivity index (χ3n) is 5.80. The standard InChI is InChI=1S/C29H35ClN2O4/c1-20(31-18-26(33)19-36-27-9-4-3-5-10-27)15-22-11-13-23(14-12-22)16-21(2)32-29(35)28(34)24-7-6-8-25(30)17-24/h3-14,17,20-21,26,28,31,33-34H,15-16,18-19H2,1-2H3,(H,32,35)/t20-,21-,26+,28-/m1/s1. The molecule has 4 N–H and O–H groups in total. The van der Waals surface area contributed by atoms with Gasteiger partial charge in [-0.25, -0.2) is 0 Å². The van der Waals surface area contributed by atoms with E-state index in [-0.39, 0.29) is 18.7 Å². The van der Waals surface area contributed by atoms with E-state index in [0.29, 0.717) is 23.6 Å². The Morgan fingerprint density at radius 1 is 0.889 bits per heavy atom. The number of carbonyl (C=O) groups excluding carboxylic acids is 1. The summed E-state index contributed by atoms with van der Waals surface area (Å²) in [5.41, 5.74) is 2.75. The molecule has 0 saturated heterocycles. The van der Waals surface area contributed by atoms with E-state index in [1.54, 1.807) is 24.3 Å². The molecule has 0 saturated carbocycles. The van der Waals surface area contributed by atoms with Gasteiger partial charge < -0.3 is 25.6 Å². The monoisotopic (exact) mass is 510 g/mol. The normalized spacial score (nSPS) is 14.5. The first kappa shape index (κ1) is 27.7. The van der Waals surface area contributed by atoms with Crippen molar-refractivity contribution in [3.05, 3.63) is 101 Å². The zero-order chi connectivity index (χ0) is 25.9. The molecule has 0 unspecified atom stereocenters. The first-order valence-corrected chi connectivity index (χ1v) is 12.6. The lowest BCUT2D eigenvalue weighted by Crippen LogP contribution is -2.37. The number of hydrogen-bond donors (Lipinski definition) is 4. The summed E-state index contributed by atoms with van der Waals surface area (Å²) >= 11 is 5.95. The largest absolute Gasteiger partial charge is 0.491 e. The minimum Gasteiger partial charge on any atom is -0.491 e. The average molecular weight is 511 g/mol. The highest BCUT2D eigenvalue weighted by atomic mass is 35.5. The fourth-order valence-electron chi connectivity index (χ4n) is 3.90. The molecule has 1 amide bonds. The molecule has 3 rings (SSSR count). The Kier molecular flexibility index (Phi) is 10.8. The average Bonchev–Trinajstić information content (AvgIpc) is 2.87. The number of aliphatic hydroxyl groups excluding tert-OH is 2. The van der Waals surface area contributed by atoms with Gasteiger partial charge in [-0.1, -0.05) is 66.2 Å². The first-order chi connectivity index (χ1) is 17.3. The fourth-order valence-corrected chi connectivity index (χ4v) is 4.10. The Bertz CT molecular complexity index is 1080. The summed E-state index contributed by atoms with van der Waals surface area (Å²) < 4.78 is 5.59. The van der Waals surface area contributed by atoms with Crippen molar-refractivity contribution < 1.29 is 19.7 Å². The van der Waals surface area contributed by atoms with Crippen molar-refractivity contribution in [2.24, 2.45) is 0 Å². The van der Waals surface area contributed by atoms with Gasteiger partial charge in [-0.05, 0) is 67.6 Å². The van der Waals surface area contributed by atoms with Crippen LogP contribution in [0, 0.1) is 0 Å². The number of ether oxygens (including phenoxy) is 1. The van der Waals surface area contributed by atoms with E-state index in [2.05, 4.69) is 41.8 Å². The van der Waals surface area contributed by atoms with Crippen LogP contribution in [0.1, 0.15) is 36.6 Å². The molecule has 0 aromatic heterocycles. The third-order valence-corrected chi connectivity index (χ3v) is 6.03. The molecule has 0 aliphatic heterocycles. The molecule has 4 atom stereocenters. The number of hydrogen-bond acceptors (Lipinski definition) is 5. The van der Waals surface area contributed by atoms with Crippen LogP contribution >= 0.6 is 11.6 Å². The second kappa shape index (κ2) is 14.0. The van der Waals surface area contributed by atoms with Gasteiger partial charge in [0, 0.05) is 23.7 Å². The molecule has 3 aromatic carbocycles. The van der Waals surface area contributed by atoms with E-state index in [4.69, 9.17) is 16.3 Å². The van der Waals surface area contributed by atoms with Crippen LogP contribution in [-0.2, 0) is 17.6 Å². The number of para-hydroxylation sites is 1. The van der Waals surface area contributed by atoms with E-state index in [9.17, 15) is 15.0 Å². The van der Waals surface area contributed by atoms with Crippen LogP contribution in [0.15, 0.2) is 78.9 Å². The maximum atomic E-state index is 12.4. The van der Waals surface area contributed by atoms with Crippen LogP contribution in [0.25, 0.3) is 0 Å². The number of halogens is 1. The van der Waals surface area contributed by atoms with Crippen molar-refractivity contribution in [3.63, 3.8) is 0 Å². The Morgan fingerprint density at radius 2 is 1.53 bits per heavy atom. The highest BCUT2D eigenvalue weighted by Crippen LogP contribution is 2.18. The maximum Gasteiger partial charge on any atom is 0.253 e. The molecule has 36 heavy (non-hydrogen) atoms. The molecular formula is C29H35ClN2O4. The first-order valence-electron chi connectivity index (χ1n) is 12.2. The van der Waals surface area contributed by atoms with Crippen LogP contribution in [-0.4, -0.2) is 47.5 Å². The predicted octanol–water partition coefficient (Wildman–Crippen LogP) is 4.08. The summed E-state index contributed by atoms with van der Waals surface area (Å²) in [6.07, 6.45) is -0.379. The molecule has 7 heteroatoms. The van der Waals surface area contributed by atoms with Crippen LogP contribution in [0.4, 0.5) is 0 Å². The molecule has 0 aliphatic carbocycles. The zero-order valence-corrected chi connectivity index (χ0v) is 21.5. The number of nitrogens with one attached hydrogen (secondary N) is 2. The molecule has 0 bridgehead atoms. The summed E-state index contributed by atoms with van der Waals surface area (Å²) in [4.78, 5) is 12.4. The highest BCUT2D eigenvalue weighted by Gasteiger charge is 2.19. The van der Waals surface area contributed by atoms with Crippen molar-refractivity contribution in [2.45, 2.75) is 51.0 Å². The second-order valence-corrected chi connectivity index (χ2v) is 9.62. The summed E-state index contributed by atoms with van der Waals surface area (Å²) in [6.45, 7) is 4.68. The van der Waals surface area contributed by atoms with Gasteiger partial charge in [0.2, 0.25) is 0 Å². The van der Waals surface area contributed by atoms with Crippen molar-refractivity contribution in [1.29, 1.82) is 0 Å². The molecule has 3 aromatic rings. The number of benzene rings is 3. The lowest BCUT2D eigenvalue weighted by atomic mass is 10.0. The molecule has 192 valence electrons. The molecule has 0 heterocycles. The van der Waals surface area contributed by atoms with Gasteiger partial charge in [-0.2, -0.15) is 0 Å². The Hall–Kier alpha value is -2.90. The number of carbonyl (C=O) groups is 1. The van der Waals surface area contributed by atoms with E-state index in [1.165, 1.54) is 5.56 Å². The quantitative estimate of drug-likeness (QED) is 0.278. The summed E-state index contributed by atoms with van der Waals surface area (Å²) in [5, 5.41) is 27.2. The molecule has 0 aliphatic rings. The van der Waals surface area contributed by atoms with Gasteiger partial charge in [-0.15, -0.1) is 0 Å². The van der Waals surface area contributed by atoms with Gasteiger partial charge in [0.1, 0.15) is 18.5 Å². The van der Waals surface area contributed by atoms with E-state index in [1.807, 2.05) is 37.3 Å². The smallest absolute Gasteiger partial charge is 0.253 e. The topological polar surface area (TPSA) is 90.8 Å². The lowest BCUT2D eigenvalue weighted by molar-refractivity contribution is -0.130. The molecule has 0 spiro atoms. The highest BCUT2D eigenvalue weighted by molar-refractivity contribution is 6.30. The Balaban J connectivity index is 1.38. The van der Waals surface area contributed by atoms with Gasteiger partial charge in [-0.3, -0.25) is 4.79 Å². The van der Waals surface area contributed by atoms with E-state index < -0.39 is 18.1 Å². The van der Waals surface area contributed by atoms with Gasteiger partial charge in [0.15, 0.2) is 6.10 Å². The molecular weight excluding hydrogens is 476 g/mol. The van der Waals surface area contributed by atoms with Gasteiger partial charge in [0.05, 0.1) is 0 Å². The van der Waals surface area contributed by atoms with Crippen molar-refractivity contribution in [3.8, 4) is 5.75 Å². The van der Waals surface area contributed by atoms with Crippen LogP contribution < -0.4 is 15.4 Å². The second-order valence-electron chi connectivity index (χ2n) is 9.18. The van der Waals surface area contributed by atoms with E-state index in [0.717, 1.165) is 17.7 Å². The number of rotatable bonds is 13. The number of aliphatic hydroxyl groups is 2. The number of amides is 1. The van der Waals surface area contributed by atoms with E-state index >= 15 is 0 Å². The lowest BCUT2D eigenvalue weighted by Gasteiger charge is -2.19. The Morgan fingerprint density at radius 3 is 2.17 bits per heavy atom. The van der Waals surface area contributed by atoms with Gasteiger partial charge in [0.25, 0.3) is 5.91 Å². The maximum absolute atomic E-state index is 12.4. The predicted molar refractivity (Wildman–Crippen MR) is 143 cm³/mol. The molecule has 6 nitrogen and oxygen atoms in total. The summed E-state index contributed by atoms with van der Waals surface area (Å²) in [7, 11) is 0. The third kappa shape index (κ3) is 9.28. The molecule has 0 radical (unpaired) electrons. The SMILES string of the molecule is C[C@H](Cc1ccc(C[C@@H](C)NC(=O)[C@H](O)c2cccc(Cl)c2)cc1)NC[C@H](O)COc1ccccc1. The Labute approximate surface area is 218 Å². The minimum atomic E-state index is -1.26. The van der Waals surface area contributed by atoms with Crippen molar-refractivity contribution >= 4 is 17.5 Å². The summed E-state index contributed by atoms with van der Waals surface area (Å²) in [5.74, 6) is 0.300. The van der Waals surface area contributed by atoms with Crippen LogP contribution in [0.5, 0.6) is 5.75 Å². The van der Waals surface area contributed by atoms with Crippen molar-refractivity contribution in [2.75, 3.05) is 13.2 Å². The summed E-state index contributed by atoms with van der Waals surface area (Å²) in [6, 6.07) is 24.4. The van der Waals surface area contributed by atoms with Crippen LogP contribution in [0.2, 0.25) is 5.02 Å². The van der Waals surface area contributed by atoms with Gasteiger partial charge >= 0.3 is 0 Å². The van der Waals surface area contributed by atoms with Crippen molar-refractivity contribution in [1.82, 2.24) is 10.6 Å².